The smallest absolute Gasteiger partial charge is 0.280 e. The number of azide groups is 1. The molecule has 2 rings (SSSR count). The molecular weight excluding hydrogens is 512 g/mol. The molecule has 32 heavy (non-hydrogen) atoms. The van der Waals surface area contributed by atoms with Crippen molar-refractivity contribution in [2.75, 3.05) is 6.61 Å². The van der Waals surface area contributed by atoms with Gasteiger partial charge in [-0.15, -0.1) is 0 Å². The number of phosphoric acid groups is 3. The molecule has 2 N–H and O–H groups in total. The van der Waals surface area contributed by atoms with Crippen LogP contribution in [-0.2, 0) is 41.2 Å². The predicted molar refractivity (Wildman–Crippen MR) is 86.4 cm³/mol. The summed E-state index contributed by atoms with van der Waals surface area (Å²) in [6, 6.07) is 0. The van der Waals surface area contributed by atoms with Crippen molar-refractivity contribution >= 4 is 35.2 Å². The molecule has 180 valence electrons. The Morgan fingerprint density at radius 1 is 1.31 bits per heavy atom. The van der Waals surface area contributed by atoms with Gasteiger partial charge in [0.25, 0.3) is 23.5 Å². The zero-order chi connectivity index (χ0) is 24.5. The monoisotopic (exact) mass is 523 g/mol. The molecule has 1 fully saturated rings. The van der Waals surface area contributed by atoms with E-state index in [1.807, 2.05) is 0 Å². The van der Waals surface area contributed by atoms with Crippen molar-refractivity contribution in [1.29, 1.82) is 0 Å². The Bertz CT molecular complexity index is 1010. The third-order valence-electron chi connectivity index (χ3n) is 3.72. The minimum Gasteiger partial charge on any atom is -0.756 e. The van der Waals surface area contributed by atoms with Gasteiger partial charge in [-0.05, 0) is 11.6 Å². The van der Waals surface area contributed by atoms with E-state index in [9.17, 15) is 47.5 Å². The number of hydrogen-bond donors (Lipinski definition) is 2. The maximum atomic E-state index is 14.6. The molecule has 0 aromatic carbocycles. The highest BCUT2D eigenvalue weighted by atomic mass is 31.3. The molecule has 3 unspecified atom stereocenters. The van der Waals surface area contributed by atoms with E-state index in [1.54, 1.807) is 0 Å². The van der Waals surface area contributed by atoms with Gasteiger partial charge in [0.15, 0.2) is 18.2 Å². The van der Waals surface area contributed by atoms with Crippen LogP contribution in [0.4, 0.5) is 4.39 Å². The lowest BCUT2D eigenvalue weighted by Gasteiger charge is -2.35. The first-order chi connectivity index (χ1) is 14.5. The Morgan fingerprint density at radius 3 is 2.47 bits per heavy atom. The number of alkyl halides is 1. The van der Waals surface area contributed by atoms with Crippen LogP contribution >= 0.6 is 23.5 Å². The lowest BCUT2D eigenvalue weighted by Crippen LogP contribution is -2.44. The van der Waals surface area contributed by atoms with Gasteiger partial charge in [-0.2, -0.15) is 0 Å². The first kappa shape index (κ1) is 26.7. The van der Waals surface area contributed by atoms with Crippen molar-refractivity contribution in [1.82, 2.24) is 4.90 Å². The summed E-state index contributed by atoms with van der Waals surface area (Å²) in [4.78, 5) is 67.5. The van der Waals surface area contributed by atoms with E-state index >= 15 is 0 Å². The molecule has 0 saturated carbocycles. The quantitative estimate of drug-likeness (QED) is 0.107. The van der Waals surface area contributed by atoms with Crippen LogP contribution < -0.4 is 14.7 Å². The molecule has 0 spiro atoms. The fourth-order valence-corrected chi connectivity index (χ4v) is 5.41. The maximum Gasteiger partial charge on any atom is 0.280 e. The summed E-state index contributed by atoms with van der Waals surface area (Å²) in [5.74, 6) is -1.62. The van der Waals surface area contributed by atoms with E-state index in [4.69, 9.17) is 15.2 Å². The van der Waals surface area contributed by atoms with E-state index in [0.29, 0.717) is 4.90 Å². The lowest BCUT2D eigenvalue weighted by molar-refractivity contribution is -0.252. The van der Waals surface area contributed by atoms with Gasteiger partial charge in [0.1, 0.15) is 6.10 Å². The summed E-state index contributed by atoms with van der Waals surface area (Å²) >= 11 is 0. The molecule has 1 saturated heterocycles. The molecule has 2 aliphatic heterocycles. The Morgan fingerprint density at radius 2 is 1.94 bits per heavy atom. The number of ketones is 1. The Balaban J connectivity index is 2.22. The van der Waals surface area contributed by atoms with Crippen molar-refractivity contribution in [3.63, 3.8) is 0 Å². The number of phosphoric ester groups is 1. The second-order valence-corrected chi connectivity index (χ2v) is 10.3. The van der Waals surface area contributed by atoms with Crippen LogP contribution in [-0.4, -0.2) is 57.4 Å². The lowest BCUT2D eigenvalue weighted by atomic mass is 10.1. The van der Waals surface area contributed by atoms with Crippen LogP contribution in [0.15, 0.2) is 17.4 Å². The third-order valence-corrected chi connectivity index (χ3v) is 7.39. The number of carbonyl (C=O) groups is 2. The number of aliphatic hydroxyl groups is 1. The van der Waals surface area contributed by atoms with Crippen molar-refractivity contribution in [3.8, 4) is 0 Å². The minimum absolute atomic E-state index is 0.518. The maximum absolute atomic E-state index is 14.6. The van der Waals surface area contributed by atoms with Crippen LogP contribution in [0.2, 0.25) is 0 Å². The summed E-state index contributed by atoms with van der Waals surface area (Å²) in [5, 5.41) is 13.0. The summed E-state index contributed by atoms with van der Waals surface area (Å²) in [6.45, 7) is -1.63. The predicted octanol–water partition coefficient (Wildman–Crippen LogP) is -2.19. The largest absolute Gasteiger partial charge is 0.756 e. The van der Waals surface area contributed by atoms with Gasteiger partial charge in [-0.1, -0.05) is 5.11 Å². The van der Waals surface area contributed by atoms with Gasteiger partial charge < -0.3 is 33.9 Å². The Kier molecular flexibility index (Phi) is 7.81. The normalized spacial score (nSPS) is 33.8. The third kappa shape index (κ3) is 6.50. The Hall–Kier alpha value is -1.55. The van der Waals surface area contributed by atoms with Gasteiger partial charge in [0.2, 0.25) is 11.6 Å². The van der Waals surface area contributed by atoms with E-state index in [0.717, 1.165) is 12.3 Å². The zero-order valence-electron chi connectivity index (χ0n) is 15.1. The standard InChI is InChI=1S/C10H14FN4O14P3/c11-7-8(18)10(13-14-12,27-9(7)15-2-1-5(16)3-6(15)17)4-26-31(22,23)29-32(24,25)28-30(19,20)21/h1-2,7-9,18H,3-4H2,(H,22,23)(H,24,25)(H2,19,20,21)/p-3/t7-,8+,9-,10-/m1/s1. The molecule has 0 aliphatic carbocycles. The van der Waals surface area contributed by atoms with Gasteiger partial charge in [0.05, 0.1) is 13.0 Å². The number of allylic oxidation sites excluding steroid dienone is 1. The SMILES string of the molecule is [N-]=[N+]=N[C@]1(COP(=O)([O-])OP(=O)([O-])OP(=O)([O-])O)O[C@@H](N2C=CC(=O)CC2=O)[C@H](F)[C@@H]1O. The number of aliphatic hydroxyl groups excluding tert-OH is 1. The highest BCUT2D eigenvalue weighted by molar-refractivity contribution is 7.65. The van der Waals surface area contributed by atoms with Crippen LogP contribution in [0.1, 0.15) is 6.42 Å². The van der Waals surface area contributed by atoms with E-state index in [-0.39, 0.29) is 0 Å². The molecule has 2 aliphatic rings. The van der Waals surface area contributed by atoms with Gasteiger partial charge in [0, 0.05) is 11.1 Å². The number of amides is 1. The van der Waals surface area contributed by atoms with Gasteiger partial charge >= 0.3 is 0 Å². The highest BCUT2D eigenvalue weighted by Gasteiger charge is 2.58. The molecule has 1 amide bonds. The molecular formula is C10H11FN4O14P3-3. The van der Waals surface area contributed by atoms with Gasteiger partial charge in [-0.3, -0.25) is 28.2 Å². The van der Waals surface area contributed by atoms with Crippen molar-refractivity contribution in [3.05, 3.63) is 22.7 Å². The molecule has 0 radical (unpaired) electrons. The summed E-state index contributed by atoms with van der Waals surface area (Å²) in [5.41, 5.74) is 5.78. The van der Waals surface area contributed by atoms with Crippen molar-refractivity contribution in [2.45, 2.75) is 30.6 Å². The summed E-state index contributed by atoms with van der Waals surface area (Å²) in [6.07, 6.45) is -6.09. The fourth-order valence-electron chi connectivity index (χ4n) is 2.50. The van der Waals surface area contributed by atoms with E-state index in [1.165, 1.54) is 0 Å². The number of rotatable bonds is 9. The molecule has 2 heterocycles. The molecule has 0 aromatic heterocycles. The highest BCUT2D eigenvalue weighted by Crippen LogP contribution is 2.61. The molecule has 22 heteroatoms. The number of nitrogens with zero attached hydrogens (tertiary/aromatic N) is 4. The zero-order valence-corrected chi connectivity index (χ0v) is 17.8. The number of carbonyl (C=O) groups excluding carboxylic acids is 2. The Labute approximate surface area is 176 Å². The number of hydrogen-bond acceptors (Lipinski definition) is 14. The van der Waals surface area contributed by atoms with Crippen LogP contribution in [0, 0.1) is 0 Å². The van der Waals surface area contributed by atoms with Gasteiger partial charge in [-0.25, -0.2) is 13.0 Å². The second-order valence-electron chi connectivity index (χ2n) is 5.99. The summed E-state index contributed by atoms with van der Waals surface area (Å²) in [7, 11) is -18.4. The van der Waals surface area contributed by atoms with Crippen LogP contribution in [0.25, 0.3) is 10.4 Å². The average molecular weight is 523 g/mol. The second kappa shape index (κ2) is 9.37. The molecule has 7 atom stereocenters. The minimum atomic E-state index is -6.26. The van der Waals surface area contributed by atoms with E-state index in [2.05, 4.69) is 23.2 Å². The molecule has 0 aromatic rings. The average Bonchev–Trinajstić information content (AvgIpc) is 2.83. The van der Waals surface area contributed by atoms with Crippen molar-refractivity contribution in [2.24, 2.45) is 5.11 Å². The van der Waals surface area contributed by atoms with Crippen LogP contribution in [0.3, 0.4) is 0 Å². The van der Waals surface area contributed by atoms with Crippen molar-refractivity contribution < 1.29 is 70.2 Å². The fraction of sp³-hybridized carbons (Fsp3) is 0.600. The van der Waals surface area contributed by atoms with Crippen LogP contribution in [0.5, 0.6) is 0 Å². The number of ether oxygens (including phenoxy) is 1. The summed E-state index contributed by atoms with van der Waals surface area (Å²) < 4.78 is 63.4. The van der Waals surface area contributed by atoms with E-state index < -0.39 is 72.4 Å². The molecule has 18 nitrogen and oxygen atoms in total. The topological polar surface area (TPSA) is 284 Å². The molecule has 0 bridgehead atoms. The number of halogens is 1. The first-order valence-corrected chi connectivity index (χ1v) is 12.2. The first-order valence-electron chi connectivity index (χ1n) is 7.82.